The monoisotopic (exact) mass is 400 g/mol. The van der Waals surface area contributed by atoms with Crippen molar-refractivity contribution in [2.24, 2.45) is 17.8 Å². The molecule has 3 rings (SSSR count). The van der Waals surface area contributed by atoms with Gasteiger partial charge < -0.3 is 4.74 Å². The van der Waals surface area contributed by atoms with Gasteiger partial charge in [0.15, 0.2) is 11.6 Å². The number of hydrogen-bond donors (Lipinski definition) is 0. The van der Waals surface area contributed by atoms with Crippen LogP contribution in [0.2, 0.25) is 0 Å². The molecule has 0 aromatic heterocycles. The van der Waals surface area contributed by atoms with Crippen LogP contribution in [0, 0.1) is 23.6 Å². The van der Waals surface area contributed by atoms with Crippen molar-refractivity contribution >= 4 is 0 Å². The van der Waals surface area contributed by atoms with Crippen molar-refractivity contribution in [3.63, 3.8) is 0 Å². The Morgan fingerprint density at radius 2 is 1.83 bits per heavy atom. The minimum absolute atomic E-state index is 0.205. The molecule has 2 unspecified atom stereocenters. The molecule has 2 heteroatoms. The first kappa shape index (κ1) is 22.4. The molecular weight excluding hydrogens is 359 g/mol. The molecule has 1 aromatic rings. The third-order valence-corrected chi connectivity index (χ3v) is 7.50. The second-order valence-corrected chi connectivity index (χ2v) is 9.52. The van der Waals surface area contributed by atoms with E-state index in [1.165, 1.54) is 89.0 Å². The molecule has 2 atom stereocenters. The highest BCUT2D eigenvalue weighted by molar-refractivity contribution is 5.32. The zero-order chi connectivity index (χ0) is 20.5. The van der Waals surface area contributed by atoms with Gasteiger partial charge in [0, 0.05) is 0 Å². The molecule has 0 heterocycles. The molecule has 2 aliphatic rings. The largest absolute Gasteiger partial charge is 0.494 e. The molecule has 0 radical (unpaired) electrons. The molecule has 1 nitrogen and oxygen atoms in total. The number of rotatable bonds is 10. The summed E-state index contributed by atoms with van der Waals surface area (Å²) in [6, 6.07) is 5.72. The maximum atomic E-state index is 14.5. The van der Waals surface area contributed by atoms with E-state index in [-0.39, 0.29) is 5.82 Å². The number of allylic oxidation sites excluding steroid dienone is 2. The third kappa shape index (κ3) is 6.59. The van der Waals surface area contributed by atoms with Gasteiger partial charge in [-0.2, -0.15) is 0 Å². The van der Waals surface area contributed by atoms with Gasteiger partial charge in [0.05, 0.1) is 7.11 Å². The van der Waals surface area contributed by atoms with E-state index in [1.54, 1.807) is 13.2 Å². The van der Waals surface area contributed by atoms with Crippen molar-refractivity contribution in [3.05, 3.63) is 41.7 Å². The Morgan fingerprint density at radius 1 is 1.00 bits per heavy atom. The van der Waals surface area contributed by atoms with Gasteiger partial charge >= 0.3 is 0 Å². The predicted molar refractivity (Wildman–Crippen MR) is 121 cm³/mol. The summed E-state index contributed by atoms with van der Waals surface area (Å²) in [6.45, 7) is 2.29. The van der Waals surface area contributed by atoms with Gasteiger partial charge in [0.2, 0.25) is 0 Å². The van der Waals surface area contributed by atoms with E-state index in [9.17, 15) is 4.39 Å². The van der Waals surface area contributed by atoms with Crippen LogP contribution in [0.5, 0.6) is 5.75 Å². The third-order valence-electron chi connectivity index (χ3n) is 7.50. The summed E-state index contributed by atoms with van der Waals surface area (Å²) in [6.07, 6.45) is 21.9. The average molecular weight is 401 g/mol. The van der Waals surface area contributed by atoms with Crippen LogP contribution in [0.25, 0.3) is 0 Å². The van der Waals surface area contributed by atoms with E-state index >= 15 is 0 Å². The molecule has 1 saturated carbocycles. The van der Waals surface area contributed by atoms with Crippen LogP contribution in [-0.4, -0.2) is 7.11 Å². The molecule has 0 N–H and O–H groups in total. The predicted octanol–water partition coefficient (Wildman–Crippen LogP) is 8.44. The van der Waals surface area contributed by atoms with Crippen LogP contribution in [0.1, 0.15) is 102 Å². The second kappa shape index (κ2) is 11.8. The maximum absolute atomic E-state index is 14.5. The van der Waals surface area contributed by atoms with Gasteiger partial charge in [0.25, 0.3) is 0 Å². The minimum Gasteiger partial charge on any atom is -0.494 e. The zero-order valence-electron chi connectivity index (χ0n) is 18.7. The Hall–Kier alpha value is -1.31. The van der Waals surface area contributed by atoms with E-state index in [4.69, 9.17) is 4.74 Å². The van der Waals surface area contributed by atoms with E-state index in [2.05, 4.69) is 25.1 Å². The van der Waals surface area contributed by atoms with Gasteiger partial charge in [-0.3, -0.25) is 0 Å². The standard InChI is InChI=1S/C27H41FO/c1-3-4-5-7-10-21-13-15-23(16-14-21)25(19-22-11-8-6-9-12-22)24-17-18-27(29-2)26(28)20-24/h6,8,17-18,20-23,25H,3-5,7,9-16,19H2,1-2H3. The van der Waals surface area contributed by atoms with E-state index in [0.717, 1.165) is 11.8 Å². The Morgan fingerprint density at radius 3 is 2.48 bits per heavy atom. The summed E-state index contributed by atoms with van der Waals surface area (Å²) in [5, 5.41) is 0. The number of benzene rings is 1. The van der Waals surface area contributed by atoms with Crippen molar-refractivity contribution in [1.29, 1.82) is 0 Å². The lowest BCUT2D eigenvalue weighted by Crippen LogP contribution is -2.23. The zero-order valence-corrected chi connectivity index (χ0v) is 18.7. The first-order valence-corrected chi connectivity index (χ1v) is 12.2. The molecule has 0 bridgehead atoms. The van der Waals surface area contributed by atoms with Gasteiger partial charge in [-0.05, 0) is 79.9 Å². The first-order valence-electron chi connectivity index (χ1n) is 12.2. The number of methoxy groups -OCH3 is 1. The Kier molecular flexibility index (Phi) is 9.08. The molecule has 1 aromatic carbocycles. The number of halogens is 1. The summed E-state index contributed by atoms with van der Waals surface area (Å²) in [5.41, 5.74) is 1.20. The van der Waals surface area contributed by atoms with Crippen molar-refractivity contribution in [2.75, 3.05) is 7.11 Å². The molecule has 0 spiro atoms. The highest BCUT2D eigenvalue weighted by atomic mass is 19.1. The first-order chi connectivity index (χ1) is 14.2. The Bertz CT molecular complexity index is 629. The summed E-state index contributed by atoms with van der Waals surface area (Å²) in [4.78, 5) is 0. The molecule has 29 heavy (non-hydrogen) atoms. The summed E-state index contributed by atoms with van der Waals surface area (Å²) in [7, 11) is 1.55. The van der Waals surface area contributed by atoms with Gasteiger partial charge in [0.1, 0.15) is 0 Å². The van der Waals surface area contributed by atoms with Crippen LogP contribution in [-0.2, 0) is 0 Å². The fraction of sp³-hybridized carbons (Fsp3) is 0.704. The van der Waals surface area contributed by atoms with Crippen LogP contribution in [0.15, 0.2) is 30.4 Å². The molecule has 0 aliphatic heterocycles. The number of unbranched alkanes of at least 4 members (excludes halogenated alkanes) is 3. The summed E-state index contributed by atoms with van der Waals surface area (Å²) < 4.78 is 19.6. The smallest absolute Gasteiger partial charge is 0.165 e. The topological polar surface area (TPSA) is 9.23 Å². The number of hydrogen-bond acceptors (Lipinski definition) is 1. The second-order valence-electron chi connectivity index (χ2n) is 9.52. The summed E-state index contributed by atoms with van der Waals surface area (Å²) >= 11 is 0. The highest BCUT2D eigenvalue weighted by Gasteiger charge is 2.31. The Balaban J connectivity index is 1.64. The molecule has 1 fully saturated rings. The summed E-state index contributed by atoms with van der Waals surface area (Å²) in [5.74, 6) is 3.04. The van der Waals surface area contributed by atoms with Crippen LogP contribution < -0.4 is 4.74 Å². The quantitative estimate of drug-likeness (QED) is 0.283. The van der Waals surface area contributed by atoms with E-state index in [0.29, 0.717) is 17.6 Å². The van der Waals surface area contributed by atoms with Crippen molar-refractivity contribution in [1.82, 2.24) is 0 Å². The van der Waals surface area contributed by atoms with Crippen LogP contribution in [0.3, 0.4) is 0 Å². The lowest BCUT2D eigenvalue weighted by Gasteiger charge is -2.36. The molecule has 2 aliphatic carbocycles. The number of ether oxygens (including phenoxy) is 1. The normalized spacial score (nSPS) is 25.7. The molecule has 0 amide bonds. The fourth-order valence-corrected chi connectivity index (χ4v) is 5.68. The van der Waals surface area contributed by atoms with Gasteiger partial charge in [-0.15, -0.1) is 0 Å². The van der Waals surface area contributed by atoms with Crippen LogP contribution in [0.4, 0.5) is 4.39 Å². The Labute approximate surface area is 178 Å². The molecule has 0 saturated heterocycles. The van der Waals surface area contributed by atoms with Crippen molar-refractivity contribution in [3.8, 4) is 5.75 Å². The van der Waals surface area contributed by atoms with Crippen molar-refractivity contribution < 1.29 is 9.13 Å². The lowest BCUT2D eigenvalue weighted by molar-refractivity contribution is 0.209. The average Bonchev–Trinajstić information content (AvgIpc) is 2.76. The fourth-order valence-electron chi connectivity index (χ4n) is 5.68. The molecule has 162 valence electrons. The minimum atomic E-state index is -0.205. The lowest BCUT2D eigenvalue weighted by atomic mass is 9.69. The SMILES string of the molecule is CCCCCCC1CCC(C(CC2CC=CCC2)c2ccc(OC)c(F)c2)CC1. The molecular formula is C27H41FO. The van der Waals surface area contributed by atoms with Gasteiger partial charge in [-0.25, -0.2) is 4.39 Å². The van der Waals surface area contributed by atoms with E-state index in [1.807, 2.05) is 6.07 Å². The van der Waals surface area contributed by atoms with E-state index < -0.39 is 0 Å². The van der Waals surface area contributed by atoms with Crippen LogP contribution >= 0.6 is 0 Å². The van der Waals surface area contributed by atoms with Gasteiger partial charge in [-0.1, -0.05) is 70.1 Å². The highest BCUT2D eigenvalue weighted by Crippen LogP contribution is 2.44. The van der Waals surface area contributed by atoms with Crippen molar-refractivity contribution in [2.45, 2.75) is 96.3 Å². The maximum Gasteiger partial charge on any atom is 0.165 e.